The fourth-order valence-corrected chi connectivity index (χ4v) is 0.0292. The molecule has 0 heterocycles. The predicted molar refractivity (Wildman–Crippen MR) is 12.0 cm³/mol. The highest BCUT2D eigenvalue weighted by molar-refractivity contribution is 7.89. The molecule has 2 nitrogen and oxygen atoms in total. The molecule has 0 unspecified atom stereocenters. The minimum atomic E-state index is -0.370. The first kappa shape index (κ1) is 5.13. The van der Waals surface area contributed by atoms with Gasteiger partial charge in [-0.15, -0.1) is 0 Å². The van der Waals surface area contributed by atoms with Crippen LogP contribution in [-0.4, -0.2) is 0 Å². The van der Waals surface area contributed by atoms with Crippen molar-refractivity contribution in [3.05, 3.63) is 0 Å². The molecular weight excluding hydrogens is 102 g/mol. The van der Waals surface area contributed by atoms with Crippen LogP contribution in [0.1, 0.15) is 0 Å². The molecule has 5 heavy (non-hydrogen) atoms. The van der Waals surface area contributed by atoms with Crippen LogP contribution in [0.25, 0.3) is 0 Å². The van der Waals surface area contributed by atoms with Gasteiger partial charge in [-0.2, -0.15) is 0 Å². The Labute approximate surface area is 31.3 Å². The van der Waals surface area contributed by atoms with Crippen molar-refractivity contribution >= 4 is 12.3 Å². The molecule has 0 radical (unpaired) electrons. The SMILES string of the molecule is FOSOF. The first-order valence-corrected chi connectivity index (χ1v) is 1.31. The summed E-state index contributed by atoms with van der Waals surface area (Å²) in [7, 11) is 0. The number of hydrogen-bond acceptors (Lipinski definition) is 3. The lowest BCUT2D eigenvalue weighted by Gasteiger charge is -1.71. The minimum Gasteiger partial charge on any atom is -0.0871 e. The van der Waals surface area contributed by atoms with Crippen LogP contribution in [0.2, 0.25) is 0 Å². The van der Waals surface area contributed by atoms with Gasteiger partial charge in [0.15, 0.2) is 0 Å². The van der Waals surface area contributed by atoms with Crippen LogP contribution in [0.4, 0.5) is 9.05 Å². The van der Waals surface area contributed by atoms with Crippen LogP contribution in [0, 0.1) is 0 Å². The van der Waals surface area contributed by atoms with E-state index >= 15 is 0 Å². The summed E-state index contributed by atoms with van der Waals surface area (Å²) < 4.78 is 25.2. The molecule has 0 fully saturated rings. The fourth-order valence-electron chi connectivity index (χ4n) is 0.00972. The summed E-state index contributed by atoms with van der Waals surface area (Å²) in [5, 5.41) is 0. The first-order valence-electron chi connectivity index (χ1n) is 0.642. The number of rotatable bonds is 2. The van der Waals surface area contributed by atoms with Gasteiger partial charge in [0.2, 0.25) is 12.3 Å². The molecular formula is F2O2S. The van der Waals surface area contributed by atoms with E-state index < -0.39 is 0 Å². The van der Waals surface area contributed by atoms with E-state index in [1.165, 1.54) is 0 Å². The Balaban J connectivity index is 2.19. The Bertz CT molecular complexity index is 15.1. The third-order valence-corrected chi connectivity index (χ3v) is 0.154. The van der Waals surface area contributed by atoms with Gasteiger partial charge in [-0.3, -0.25) is 0 Å². The monoisotopic (exact) mass is 102 g/mol. The summed E-state index contributed by atoms with van der Waals surface area (Å²) in [5.74, 6) is 0. The minimum absolute atomic E-state index is 0.370. The van der Waals surface area contributed by atoms with Crippen LogP contribution in [0.3, 0.4) is 0 Å². The summed E-state index contributed by atoms with van der Waals surface area (Å²) >= 11 is -0.370. The van der Waals surface area contributed by atoms with E-state index in [1.54, 1.807) is 0 Å². The maximum atomic E-state index is 10.1. The van der Waals surface area contributed by atoms with E-state index in [4.69, 9.17) is 0 Å². The molecule has 0 amide bonds. The van der Waals surface area contributed by atoms with Gasteiger partial charge < -0.3 is 0 Å². The zero-order valence-corrected chi connectivity index (χ0v) is 2.80. The Kier molecular flexibility index (Phi) is 4.24. The zero-order chi connectivity index (χ0) is 4.12. The Morgan fingerprint density at radius 1 is 1.20 bits per heavy atom. The molecule has 0 aromatic carbocycles. The van der Waals surface area contributed by atoms with Crippen molar-refractivity contribution in [2.24, 2.45) is 0 Å². The number of hydrogen-bond donors (Lipinski definition) is 0. The van der Waals surface area contributed by atoms with Gasteiger partial charge in [0.1, 0.15) is 0 Å². The molecule has 0 spiro atoms. The standard InChI is InChI=1S/F2O2S/c1-3-5-4-2. The average molecular weight is 102 g/mol. The second-order valence-electron chi connectivity index (χ2n) is 0.194. The first-order chi connectivity index (χ1) is 2.41. The van der Waals surface area contributed by atoms with Crippen molar-refractivity contribution in [1.82, 2.24) is 0 Å². The Morgan fingerprint density at radius 3 is 1.60 bits per heavy atom. The molecule has 0 aliphatic rings. The van der Waals surface area contributed by atoms with Gasteiger partial charge in [0, 0.05) is 0 Å². The van der Waals surface area contributed by atoms with E-state index in [0.717, 1.165) is 0 Å². The molecule has 5 heteroatoms. The van der Waals surface area contributed by atoms with E-state index in [-0.39, 0.29) is 12.3 Å². The maximum Gasteiger partial charge on any atom is 0.240 e. The summed E-state index contributed by atoms with van der Waals surface area (Å²) in [6.07, 6.45) is 0. The van der Waals surface area contributed by atoms with Crippen molar-refractivity contribution in [2.75, 3.05) is 0 Å². The van der Waals surface area contributed by atoms with Crippen molar-refractivity contribution < 1.29 is 17.8 Å². The van der Waals surface area contributed by atoms with Crippen LogP contribution in [0.5, 0.6) is 0 Å². The highest BCUT2D eigenvalue weighted by Crippen LogP contribution is 2.02. The van der Waals surface area contributed by atoms with Crippen molar-refractivity contribution in [1.29, 1.82) is 0 Å². The van der Waals surface area contributed by atoms with Gasteiger partial charge in [-0.1, -0.05) is 8.78 Å². The van der Waals surface area contributed by atoms with Gasteiger partial charge >= 0.3 is 0 Å². The lowest BCUT2D eigenvalue weighted by Crippen LogP contribution is -1.51. The molecule has 0 saturated carbocycles. The van der Waals surface area contributed by atoms with Gasteiger partial charge in [0.05, 0.1) is 0 Å². The molecule has 0 aromatic heterocycles. The number of halogens is 2. The molecule has 0 rings (SSSR count). The van der Waals surface area contributed by atoms with Gasteiger partial charge in [0.25, 0.3) is 0 Å². The largest absolute Gasteiger partial charge is 0.240 e. The highest BCUT2D eigenvalue weighted by atomic mass is 32.2. The normalized spacial score (nSPS) is 8.40. The van der Waals surface area contributed by atoms with Gasteiger partial charge in [-0.25, -0.2) is 0 Å². The summed E-state index contributed by atoms with van der Waals surface area (Å²) in [6, 6.07) is 0. The van der Waals surface area contributed by atoms with Crippen LogP contribution in [-0.2, 0) is 8.78 Å². The molecule has 0 aliphatic carbocycles. The molecule has 0 atom stereocenters. The Morgan fingerprint density at radius 2 is 1.60 bits per heavy atom. The van der Waals surface area contributed by atoms with E-state index in [0.29, 0.717) is 0 Å². The zero-order valence-electron chi connectivity index (χ0n) is 1.98. The summed E-state index contributed by atoms with van der Waals surface area (Å²) in [5.41, 5.74) is 0. The van der Waals surface area contributed by atoms with Crippen LogP contribution < -0.4 is 0 Å². The lowest BCUT2D eigenvalue weighted by atomic mass is 15.6. The van der Waals surface area contributed by atoms with Crippen molar-refractivity contribution in [3.8, 4) is 0 Å². The molecule has 0 aromatic rings. The smallest absolute Gasteiger partial charge is 0.0871 e. The van der Waals surface area contributed by atoms with E-state index in [9.17, 15) is 9.05 Å². The predicted octanol–water partition coefficient (Wildman–Crippen LogP) is 1.35. The third-order valence-electron chi connectivity index (χ3n) is 0.0514. The molecule has 0 saturated heterocycles. The van der Waals surface area contributed by atoms with Crippen LogP contribution >= 0.6 is 12.3 Å². The highest BCUT2D eigenvalue weighted by Gasteiger charge is 1.77. The van der Waals surface area contributed by atoms with Crippen LogP contribution in [0.15, 0.2) is 0 Å². The summed E-state index contributed by atoms with van der Waals surface area (Å²) in [4.78, 5) is 0. The Hall–Kier alpha value is 0.130. The molecule has 0 bridgehead atoms. The second kappa shape index (κ2) is 4.13. The van der Waals surface area contributed by atoms with Crippen molar-refractivity contribution in [3.63, 3.8) is 0 Å². The second-order valence-corrected chi connectivity index (χ2v) is 0.582. The molecule has 0 aliphatic heterocycles. The van der Waals surface area contributed by atoms with Gasteiger partial charge in [-0.05, 0) is 9.05 Å². The maximum absolute atomic E-state index is 10.1. The van der Waals surface area contributed by atoms with Crippen molar-refractivity contribution in [2.45, 2.75) is 0 Å². The summed E-state index contributed by atoms with van der Waals surface area (Å²) in [6.45, 7) is 0. The topological polar surface area (TPSA) is 18.5 Å². The quantitative estimate of drug-likeness (QED) is 0.490. The molecule has 0 N–H and O–H groups in total. The van der Waals surface area contributed by atoms with E-state index in [1.807, 2.05) is 0 Å². The average Bonchev–Trinajstić information content (AvgIpc) is 1.41. The lowest BCUT2D eigenvalue weighted by molar-refractivity contribution is -0.0443. The molecule has 32 valence electrons. The van der Waals surface area contributed by atoms with E-state index in [2.05, 4.69) is 8.78 Å². The third kappa shape index (κ3) is 4.13. The fraction of sp³-hybridized carbons (Fsp3) is 0.